The zero-order valence-electron chi connectivity index (χ0n) is 13.0. The van der Waals surface area contributed by atoms with Gasteiger partial charge >= 0.3 is 0 Å². The van der Waals surface area contributed by atoms with Gasteiger partial charge in [-0.2, -0.15) is 0 Å². The number of hydrogen-bond donors (Lipinski definition) is 2. The summed E-state index contributed by atoms with van der Waals surface area (Å²) in [6.45, 7) is 2.45. The maximum absolute atomic E-state index is 11.9. The van der Waals surface area contributed by atoms with Crippen molar-refractivity contribution in [3.05, 3.63) is 59.7 Å². The van der Waals surface area contributed by atoms with Crippen molar-refractivity contribution >= 4 is 17.5 Å². The van der Waals surface area contributed by atoms with Crippen LogP contribution in [0.2, 0.25) is 0 Å². The first-order chi connectivity index (χ1) is 11.1. The molecule has 120 valence electrons. The molecule has 0 aliphatic rings. The van der Waals surface area contributed by atoms with Crippen LogP contribution in [0.5, 0.6) is 5.75 Å². The molecule has 3 N–H and O–H groups in total. The van der Waals surface area contributed by atoms with E-state index in [0.29, 0.717) is 30.7 Å². The van der Waals surface area contributed by atoms with Crippen molar-refractivity contribution in [2.45, 2.75) is 19.8 Å². The fraction of sp³-hybridized carbons (Fsp3) is 0.222. The lowest BCUT2D eigenvalue weighted by Crippen LogP contribution is -2.18. The van der Waals surface area contributed by atoms with Crippen molar-refractivity contribution < 1.29 is 14.3 Å². The van der Waals surface area contributed by atoms with E-state index in [-0.39, 0.29) is 5.91 Å². The van der Waals surface area contributed by atoms with E-state index in [0.717, 1.165) is 11.3 Å². The number of anilines is 1. The molecule has 23 heavy (non-hydrogen) atoms. The lowest BCUT2D eigenvalue weighted by molar-refractivity contribution is -0.116. The zero-order chi connectivity index (χ0) is 16.7. The molecule has 0 aliphatic heterocycles. The van der Waals surface area contributed by atoms with Crippen LogP contribution >= 0.6 is 0 Å². The van der Waals surface area contributed by atoms with Crippen molar-refractivity contribution in [1.82, 2.24) is 0 Å². The average molecular weight is 312 g/mol. The van der Waals surface area contributed by atoms with Crippen LogP contribution < -0.4 is 15.8 Å². The van der Waals surface area contributed by atoms with Gasteiger partial charge in [0, 0.05) is 6.42 Å². The fourth-order valence-electron chi connectivity index (χ4n) is 2.15. The molecular formula is C18H20N2O3. The van der Waals surface area contributed by atoms with Crippen molar-refractivity contribution in [2.24, 2.45) is 5.73 Å². The van der Waals surface area contributed by atoms with Gasteiger partial charge in [-0.3, -0.25) is 9.59 Å². The molecule has 0 aliphatic carbocycles. The molecule has 0 radical (unpaired) electrons. The number of primary amides is 1. The van der Waals surface area contributed by atoms with Gasteiger partial charge < -0.3 is 15.8 Å². The molecule has 0 unspecified atom stereocenters. The van der Waals surface area contributed by atoms with Crippen LogP contribution in [0.25, 0.3) is 0 Å². The second-order valence-corrected chi connectivity index (χ2v) is 5.23. The molecule has 5 nitrogen and oxygen atoms in total. The number of carbonyl (C=O) groups is 2. The Morgan fingerprint density at radius 3 is 2.65 bits per heavy atom. The fourth-order valence-corrected chi connectivity index (χ4v) is 2.15. The maximum atomic E-state index is 11.9. The quantitative estimate of drug-likeness (QED) is 0.771. The Hall–Kier alpha value is -2.82. The van der Waals surface area contributed by atoms with E-state index >= 15 is 0 Å². The van der Waals surface area contributed by atoms with Gasteiger partial charge in [0.05, 0.1) is 17.9 Å². The minimum Gasteiger partial charge on any atom is -0.494 e. The van der Waals surface area contributed by atoms with Crippen molar-refractivity contribution in [1.29, 1.82) is 0 Å². The third kappa shape index (κ3) is 5.14. The van der Waals surface area contributed by atoms with Crippen LogP contribution in [0.1, 0.15) is 28.8 Å². The van der Waals surface area contributed by atoms with E-state index in [2.05, 4.69) is 5.32 Å². The molecule has 0 saturated carbocycles. The highest BCUT2D eigenvalue weighted by molar-refractivity contribution is 6.02. The minimum absolute atomic E-state index is 0.174. The molecule has 0 heterocycles. The normalized spacial score (nSPS) is 10.1. The summed E-state index contributed by atoms with van der Waals surface area (Å²) in [6, 6.07) is 14.4. The summed E-state index contributed by atoms with van der Waals surface area (Å²) >= 11 is 0. The highest BCUT2D eigenvalue weighted by atomic mass is 16.5. The summed E-state index contributed by atoms with van der Waals surface area (Å²) in [7, 11) is 0. The van der Waals surface area contributed by atoms with Gasteiger partial charge in [-0.25, -0.2) is 0 Å². The maximum Gasteiger partial charge on any atom is 0.250 e. The standard InChI is InChI=1S/C18H20N2O3/c1-13-6-4-7-14(12-13)23-11-5-10-17(21)20-16-9-3-2-8-15(16)18(19)22/h2-4,6-9,12H,5,10-11H2,1H3,(H2,19,22)(H,20,21). The summed E-state index contributed by atoms with van der Waals surface area (Å²) in [6.07, 6.45) is 0.886. The Labute approximate surface area is 135 Å². The second-order valence-electron chi connectivity index (χ2n) is 5.23. The lowest BCUT2D eigenvalue weighted by Gasteiger charge is -2.09. The second kappa shape index (κ2) is 7.98. The van der Waals surface area contributed by atoms with Gasteiger partial charge in [0.1, 0.15) is 5.75 Å². The largest absolute Gasteiger partial charge is 0.494 e. The summed E-state index contributed by atoms with van der Waals surface area (Å²) in [5.41, 5.74) is 7.14. The van der Waals surface area contributed by atoms with Crippen LogP contribution in [0.3, 0.4) is 0 Å². The number of para-hydroxylation sites is 1. The first-order valence-electron chi connectivity index (χ1n) is 7.44. The van der Waals surface area contributed by atoms with Gasteiger partial charge in [0.15, 0.2) is 0 Å². The molecule has 0 aromatic heterocycles. The zero-order valence-corrected chi connectivity index (χ0v) is 13.0. The summed E-state index contributed by atoms with van der Waals surface area (Å²) in [4.78, 5) is 23.2. The molecule has 0 spiro atoms. The number of amides is 2. The highest BCUT2D eigenvalue weighted by Crippen LogP contribution is 2.15. The van der Waals surface area contributed by atoms with Gasteiger partial charge in [0.2, 0.25) is 5.91 Å². The SMILES string of the molecule is Cc1cccc(OCCCC(=O)Nc2ccccc2C(N)=O)c1. The Balaban J connectivity index is 1.79. The third-order valence-corrected chi connectivity index (χ3v) is 3.27. The van der Waals surface area contributed by atoms with Gasteiger partial charge in [-0.05, 0) is 43.2 Å². The van der Waals surface area contributed by atoms with Crippen LogP contribution in [0.15, 0.2) is 48.5 Å². The predicted molar refractivity (Wildman–Crippen MR) is 89.5 cm³/mol. The molecule has 2 amide bonds. The molecule has 0 saturated heterocycles. The number of nitrogens with two attached hydrogens (primary N) is 1. The van der Waals surface area contributed by atoms with Crippen LogP contribution in [0.4, 0.5) is 5.69 Å². The van der Waals surface area contributed by atoms with E-state index in [9.17, 15) is 9.59 Å². The Morgan fingerprint density at radius 2 is 1.91 bits per heavy atom. The van der Waals surface area contributed by atoms with Crippen molar-refractivity contribution in [3.63, 3.8) is 0 Å². The van der Waals surface area contributed by atoms with Gasteiger partial charge in [-0.15, -0.1) is 0 Å². The number of rotatable bonds is 7. The van der Waals surface area contributed by atoms with E-state index in [1.807, 2.05) is 31.2 Å². The number of benzene rings is 2. The van der Waals surface area contributed by atoms with Gasteiger partial charge in [-0.1, -0.05) is 24.3 Å². The molecule has 2 aromatic carbocycles. The van der Waals surface area contributed by atoms with Crippen LogP contribution in [0, 0.1) is 6.92 Å². The van der Waals surface area contributed by atoms with E-state index in [4.69, 9.17) is 10.5 Å². The average Bonchev–Trinajstić information content (AvgIpc) is 2.52. The molecule has 0 bridgehead atoms. The smallest absolute Gasteiger partial charge is 0.250 e. The Morgan fingerprint density at radius 1 is 1.13 bits per heavy atom. The molecule has 0 atom stereocenters. The third-order valence-electron chi connectivity index (χ3n) is 3.27. The first-order valence-corrected chi connectivity index (χ1v) is 7.44. The van der Waals surface area contributed by atoms with Crippen molar-refractivity contribution in [2.75, 3.05) is 11.9 Å². The lowest BCUT2D eigenvalue weighted by atomic mass is 10.1. The van der Waals surface area contributed by atoms with E-state index in [1.165, 1.54) is 0 Å². The molecule has 0 fully saturated rings. The number of aryl methyl sites for hydroxylation is 1. The first kappa shape index (κ1) is 16.5. The van der Waals surface area contributed by atoms with Crippen LogP contribution in [-0.2, 0) is 4.79 Å². The number of carbonyl (C=O) groups excluding carboxylic acids is 2. The highest BCUT2D eigenvalue weighted by Gasteiger charge is 2.10. The summed E-state index contributed by atoms with van der Waals surface area (Å²) in [5, 5.41) is 2.70. The monoisotopic (exact) mass is 312 g/mol. The predicted octanol–water partition coefficient (Wildman–Crippen LogP) is 2.89. The van der Waals surface area contributed by atoms with E-state index < -0.39 is 5.91 Å². The number of ether oxygens (including phenoxy) is 1. The number of hydrogen-bond acceptors (Lipinski definition) is 3. The molecule has 5 heteroatoms. The van der Waals surface area contributed by atoms with E-state index in [1.54, 1.807) is 24.3 Å². The summed E-state index contributed by atoms with van der Waals surface area (Å²) < 4.78 is 5.60. The Bertz CT molecular complexity index is 698. The van der Waals surface area contributed by atoms with Gasteiger partial charge in [0.25, 0.3) is 5.91 Å². The Kier molecular flexibility index (Phi) is 5.74. The van der Waals surface area contributed by atoms with Crippen molar-refractivity contribution in [3.8, 4) is 5.75 Å². The topological polar surface area (TPSA) is 81.4 Å². The molecular weight excluding hydrogens is 292 g/mol. The number of nitrogens with one attached hydrogen (secondary N) is 1. The van der Waals surface area contributed by atoms with Crippen LogP contribution in [-0.4, -0.2) is 18.4 Å². The minimum atomic E-state index is -0.566. The molecule has 2 rings (SSSR count). The summed E-state index contributed by atoms with van der Waals surface area (Å²) in [5.74, 6) is 0.0553. The molecule has 2 aromatic rings.